The van der Waals surface area contributed by atoms with Gasteiger partial charge in [0, 0.05) is 18.7 Å². The predicted octanol–water partition coefficient (Wildman–Crippen LogP) is 3.41. The van der Waals surface area contributed by atoms with Gasteiger partial charge in [0.25, 0.3) is 0 Å². The molecular formula is C17H27NO2. The monoisotopic (exact) mass is 277 g/mol. The Balaban J connectivity index is 2.10. The van der Waals surface area contributed by atoms with E-state index in [-0.39, 0.29) is 0 Å². The first-order valence-electron chi connectivity index (χ1n) is 7.72. The molecule has 1 aromatic carbocycles. The number of methoxy groups -OCH3 is 1. The molecule has 20 heavy (non-hydrogen) atoms. The van der Waals surface area contributed by atoms with E-state index < -0.39 is 0 Å². The molecule has 0 aliphatic heterocycles. The van der Waals surface area contributed by atoms with Crippen molar-refractivity contribution in [2.45, 2.75) is 32.7 Å². The smallest absolute Gasteiger partial charge is 0.124 e. The van der Waals surface area contributed by atoms with Crippen molar-refractivity contribution in [2.75, 3.05) is 26.9 Å². The second kappa shape index (κ2) is 7.65. The summed E-state index contributed by atoms with van der Waals surface area (Å²) in [7, 11) is 1.70. The van der Waals surface area contributed by atoms with Crippen LogP contribution in [0.3, 0.4) is 0 Å². The summed E-state index contributed by atoms with van der Waals surface area (Å²) in [5, 5.41) is 3.70. The Kier molecular flexibility index (Phi) is 5.86. The lowest BCUT2D eigenvalue weighted by molar-refractivity contribution is 0.145. The number of rotatable bonds is 9. The van der Waals surface area contributed by atoms with Crippen LogP contribution in [-0.4, -0.2) is 26.9 Å². The molecule has 3 unspecified atom stereocenters. The second-order valence-electron chi connectivity index (χ2n) is 5.69. The first kappa shape index (κ1) is 15.3. The van der Waals surface area contributed by atoms with Crippen LogP contribution >= 0.6 is 0 Å². The summed E-state index contributed by atoms with van der Waals surface area (Å²) in [4.78, 5) is 0. The molecule has 0 spiro atoms. The van der Waals surface area contributed by atoms with E-state index in [1.807, 2.05) is 6.07 Å². The molecule has 1 N–H and O–H groups in total. The average Bonchev–Trinajstić information content (AvgIpc) is 3.18. The van der Waals surface area contributed by atoms with E-state index in [4.69, 9.17) is 9.47 Å². The van der Waals surface area contributed by atoms with Crippen LogP contribution in [0.2, 0.25) is 0 Å². The third kappa shape index (κ3) is 3.97. The van der Waals surface area contributed by atoms with E-state index >= 15 is 0 Å². The van der Waals surface area contributed by atoms with Crippen LogP contribution in [0.4, 0.5) is 0 Å². The zero-order valence-corrected chi connectivity index (χ0v) is 12.9. The number of ether oxygens (including phenoxy) is 2. The molecule has 1 aromatic rings. The summed E-state index contributed by atoms with van der Waals surface area (Å²) >= 11 is 0. The van der Waals surface area contributed by atoms with Crippen molar-refractivity contribution in [3.8, 4) is 5.75 Å². The van der Waals surface area contributed by atoms with E-state index in [9.17, 15) is 0 Å². The van der Waals surface area contributed by atoms with Crippen LogP contribution in [0, 0.1) is 11.8 Å². The molecule has 1 fully saturated rings. The molecule has 0 bridgehead atoms. The molecule has 3 heteroatoms. The van der Waals surface area contributed by atoms with Crippen LogP contribution in [0.25, 0.3) is 0 Å². The molecule has 1 aliphatic rings. The van der Waals surface area contributed by atoms with Crippen molar-refractivity contribution >= 4 is 0 Å². The minimum absolute atomic E-state index is 0.420. The van der Waals surface area contributed by atoms with Gasteiger partial charge in [-0.05, 0) is 37.3 Å². The lowest BCUT2D eigenvalue weighted by atomic mass is 10.00. The molecule has 2 rings (SSSR count). The van der Waals surface area contributed by atoms with Gasteiger partial charge in [0.15, 0.2) is 0 Å². The number of hydrogen-bond acceptors (Lipinski definition) is 3. The lowest BCUT2D eigenvalue weighted by Gasteiger charge is -2.22. The molecule has 0 aromatic heterocycles. The zero-order chi connectivity index (χ0) is 14.4. The first-order valence-corrected chi connectivity index (χ1v) is 7.72. The number of hydrogen-bond donors (Lipinski definition) is 1. The second-order valence-corrected chi connectivity index (χ2v) is 5.69. The fourth-order valence-corrected chi connectivity index (χ4v) is 2.71. The van der Waals surface area contributed by atoms with Crippen molar-refractivity contribution in [1.29, 1.82) is 0 Å². The van der Waals surface area contributed by atoms with Crippen molar-refractivity contribution in [3.05, 3.63) is 29.8 Å². The number of benzene rings is 1. The van der Waals surface area contributed by atoms with Crippen LogP contribution in [-0.2, 0) is 4.74 Å². The van der Waals surface area contributed by atoms with Crippen LogP contribution < -0.4 is 10.1 Å². The molecule has 3 nitrogen and oxygen atoms in total. The Morgan fingerprint density at radius 2 is 2.05 bits per heavy atom. The van der Waals surface area contributed by atoms with Crippen molar-refractivity contribution in [1.82, 2.24) is 5.32 Å². The zero-order valence-electron chi connectivity index (χ0n) is 12.9. The van der Waals surface area contributed by atoms with E-state index in [1.165, 1.54) is 12.0 Å². The highest BCUT2D eigenvalue weighted by Crippen LogP contribution is 2.48. The molecule has 1 saturated carbocycles. The van der Waals surface area contributed by atoms with Crippen LogP contribution in [0.15, 0.2) is 24.3 Å². The normalized spacial score (nSPS) is 22.6. The van der Waals surface area contributed by atoms with Gasteiger partial charge >= 0.3 is 0 Å². The summed E-state index contributed by atoms with van der Waals surface area (Å²) in [5.74, 6) is 2.56. The standard InChI is InChI=1S/C17H27NO2/c1-4-9-18-17(15-12-13(15)2)14-7-5-6-8-16(14)20-11-10-19-3/h5-8,13,15,17-18H,4,9-12H2,1-3H3. The van der Waals surface area contributed by atoms with Gasteiger partial charge < -0.3 is 14.8 Å². The van der Waals surface area contributed by atoms with Crippen molar-refractivity contribution in [2.24, 2.45) is 11.8 Å². The minimum atomic E-state index is 0.420. The topological polar surface area (TPSA) is 30.5 Å². The third-order valence-electron chi connectivity index (χ3n) is 4.01. The third-order valence-corrected chi connectivity index (χ3v) is 4.01. The summed E-state index contributed by atoms with van der Waals surface area (Å²) in [6.45, 7) is 6.83. The molecule has 0 heterocycles. The Hall–Kier alpha value is -1.06. The fraction of sp³-hybridized carbons (Fsp3) is 0.647. The van der Waals surface area contributed by atoms with Gasteiger partial charge in [0.2, 0.25) is 0 Å². The van der Waals surface area contributed by atoms with E-state index in [2.05, 4.69) is 37.4 Å². The van der Waals surface area contributed by atoms with Crippen molar-refractivity contribution < 1.29 is 9.47 Å². The van der Waals surface area contributed by atoms with E-state index in [0.717, 1.165) is 30.6 Å². The van der Waals surface area contributed by atoms with Gasteiger partial charge in [-0.3, -0.25) is 0 Å². The molecular weight excluding hydrogens is 250 g/mol. The largest absolute Gasteiger partial charge is 0.491 e. The molecule has 112 valence electrons. The minimum Gasteiger partial charge on any atom is -0.491 e. The maximum absolute atomic E-state index is 5.89. The Morgan fingerprint density at radius 3 is 2.70 bits per heavy atom. The predicted molar refractivity (Wildman–Crippen MR) is 82.1 cm³/mol. The SMILES string of the molecule is CCCNC(c1ccccc1OCCOC)C1CC1C. The summed E-state index contributed by atoms with van der Waals surface area (Å²) in [6.07, 6.45) is 2.47. The Labute approximate surface area is 122 Å². The fourth-order valence-electron chi connectivity index (χ4n) is 2.71. The molecule has 0 amide bonds. The van der Waals surface area contributed by atoms with Gasteiger partial charge in [-0.25, -0.2) is 0 Å². The summed E-state index contributed by atoms with van der Waals surface area (Å²) in [5.41, 5.74) is 1.30. The van der Waals surface area contributed by atoms with Gasteiger partial charge in [-0.15, -0.1) is 0 Å². The lowest BCUT2D eigenvalue weighted by Crippen LogP contribution is -2.25. The van der Waals surface area contributed by atoms with Gasteiger partial charge in [0.05, 0.1) is 6.61 Å². The highest BCUT2D eigenvalue weighted by atomic mass is 16.5. The molecule has 0 saturated heterocycles. The Morgan fingerprint density at radius 1 is 1.30 bits per heavy atom. The molecule has 1 aliphatic carbocycles. The molecule has 0 radical (unpaired) electrons. The van der Waals surface area contributed by atoms with Crippen LogP contribution in [0.1, 0.15) is 38.3 Å². The number of nitrogens with one attached hydrogen (secondary N) is 1. The Bertz CT molecular complexity index is 408. The first-order chi connectivity index (χ1) is 9.77. The summed E-state index contributed by atoms with van der Waals surface area (Å²) < 4.78 is 11.0. The average molecular weight is 277 g/mol. The maximum atomic E-state index is 5.89. The van der Waals surface area contributed by atoms with E-state index in [1.54, 1.807) is 7.11 Å². The van der Waals surface area contributed by atoms with Gasteiger partial charge in [-0.1, -0.05) is 32.0 Å². The van der Waals surface area contributed by atoms with Crippen molar-refractivity contribution in [3.63, 3.8) is 0 Å². The van der Waals surface area contributed by atoms with Gasteiger partial charge in [-0.2, -0.15) is 0 Å². The highest BCUT2D eigenvalue weighted by Gasteiger charge is 2.40. The highest BCUT2D eigenvalue weighted by molar-refractivity contribution is 5.37. The quantitative estimate of drug-likeness (QED) is 0.702. The maximum Gasteiger partial charge on any atom is 0.124 e. The van der Waals surface area contributed by atoms with Gasteiger partial charge in [0.1, 0.15) is 12.4 Å². The molecule has 3 atom stereocenters. The number of para-hydroxylation sites is 1. The summed E-state index contributed by atoms with van der Waals surface area (Å²) in [6, 6.07) is 8.83. The van der Waals surface area contributed by atoms with Crippen LogP contribution in [0.5, 0.6) is 5.75 Å². The van der Waals surface area contributed by atoms with E-state index in [0.29, 0.717) is 19.3 Å².